The summed E-state index contributed by atoms with van der Waals surface area (Å²) in [5, 5.41) is 20.1. The fourth-order valence-corrected chi connectivity index (χ4v) is 4.05. The lowest BCUT2D eigenvalue weighted by Crippen LogP contribution is -2.32. The number of aliphatic hydroxyl groups is 1. The summed E-state index contributed by atoms with van der Waals surface area (Å²) in [5.41, 5.74) is 8.96. The molecule has 0 amide bonds. The number of allylic oxidation sites excluding steroid dienone is 12. The Bertz CT molecular complexity index is 1220. The van der Waals surface area contributed by atoms with E-state index in [9.17, 15) is 5.11 Å². The second kappa shape index (κ2) is 13.5. The molecule has 0 aromatic carbocycles. The molecular weight excluding hydrogens is 444 g/mol. The average molecular weight is 483 g/mol. The van der Waals surface area contributed by atoms with E-state index in [-0.39, 0.29) is 12.6 Å². The van der Waals surface area contributed by atoms with E-state index in [0.717, 1.165) is 76.3 Å². The maximum absolute atomic E-state index is 9.33. The molecule has 5 nitrogen and oxygen atoms in total. The number of hydrogen-bond donors (Lipinski definition) is 3. The van der Waals surface area contributed by atoms with Crippen LogP contribution in [0.4, 0.5) is 0 Å². The van der Waals surface area contributed by atoms with E-state index in [4.69, 9.17) is 0 Å². The quantitative estimate of drug-likeness (QED) is 0.255. The Morgan fingerprint density at radius 1 is 1.25 bits per heavy atom. The Hall–Kier alpha value is -3.54. The summed E-state index contributed by atoms with van der Waals surface area (Å²) in [4.78, 5) is 4.65. The van der Waals surface area contributed by atoms with Crippen LogP contribution in [0, 0.1) is 6.92 Å². The molecule has 2 aromatic rings. The maximum atomic E-state index is 9.33. The van der Waals surface area contributed by atoms with E-state index in [0.29, 0.717) is 0 Å². The number of H-pyrrole nitrogens is 1. The highest BCUT2D eigenvalue weighted by molar-refractivity contribution is 5.84. The molecule has 3 N–H and O–H groups in total. The van der Waals surface area contributed by atoms with E-state index in [1.54, 1.807) is 0 Å². The van der Waals surface area contributed by atoms with Crippen LogP contribution in [0.25, 0.3) is 17.0 Å². The van der Waals surface area contributed by atoms with Crippen molar-refractivity contribution in [1.29, 1.82) is 0 Å². The highest BCUT2D eigenvalue weighted by Gasteiger charge is 2.13. The van der Waals surface area contributed by atoms with Gasteiger partial charge in [-0.3, -0.25) is 10.1 Å². The van der Waals surface area contributed by atoms with Crippen LogP contribution in [0.3, 0.4) is 0 Å². The smallest absolute Gasteiger partial charge is 0.0912 e. The van der Waals surface area contributed by atoms with Crippen molar-refractivity contribution in [1.82, 2.24) is 20.5 Å². The van der Waals surface area contributed by atoms with Crippen molar-refractivity contribution in [3.05, 3.63) is 114 Å². The van der Waals surface area contributed by atoms with Crippen LogP contribution in [0.5, 0.6) is 0 Å². The lowest BCUT2D eigenvalue weighted by atomic mass is 9.94. The van der Waals surface area contributed by atoms with E-state index in [1.807, 2.05) is 44.3 Å². The number of aryl methyl sites for hydroxylation is 1. The van der Waals surface area contributed by atoms with Gasteiger partial charge in [0.2, 0.25) is 0 Å². The van der Waals surface area contributed by atoms with Gasteiger partial charge < -0.3 is 10.4 Å². The SMILES string of the molecule is C=C1\C=C/C(c2cn[nH]c2-c2cccc(C)n2)=C/C=C/C1=C/C(=C\C)C(=C)CCCNC(CC)CO. The van der Waals surface area contributed by atoms with Crippen molar-refractivity contribution >= 4 is 5.57 Å². The highest BCUT2D eigenvalue weighted by atomic mass is 16.3. The fraction of sp³-hybridized carbons (Fsp3) is 0.290. The lowest BCUT2D eigenvalue weighted by Gasteiger charge is -2.15. The van der Waals surface area contributed by atoms with Crippen molar-refractivity contribution < 1.29 is 5.11 Å². The highest BCUT2D eigenvalue weighted by Crippen LogP contribution is 2.29. The molecule has 188 valence electrons. The molecule has 0 saturated heterocycles. The summed E-state index contributed by atoms with van der Waals surface area (Å²) < 4.78 is 0. The minimum Gasteiger partial charge on any atom is -0.395 e. The minimum atomic E-state index is 0.167. The third kappa shape index (κ3) is 7.23. The zero-order valence-electron chi connectivity index (χ0n) is 21.7. The molecule has 0 radical (unpaired) electrons. The zero-order chi connectivity index (χ0) is 25.9. The first-order valence-corrected chi connectivity index (χ1v) is 12.6. The van der Waals surface area contributed by atoms with Crippen molar-refractivity contribution in [3.63, 3.8) is 0 Å². The van der Waals surface area contributed by atoms with Gasteiger partial charge in [0.15, 0.2) is 0 Å². The number of hydrogen-bond acceptors (Lipinski definition) is 4. The van der Waals surface area contributed by atoms with Crippen molar-refractivity contribution in [2.75, 3.05) is 13.2 Å². The van der Waals surface area contributed by atoms with Gasteiger partial charge in [0.05, 0.1) is 24.2 Å². The van der Waals surface area contributed by atoms with Crippen molar-refractivity contribution in [2.45, 2.75) is 46.1 Å². The van der Waals surface area contributed by atoms with Crippen LogP contribution in [-0.2, 0) is 0 Å². The summed E-state index contributed by atoms with van der Waals surface area (Å²) >= 11 is 0. The molecule has 2 heterocycles. The van der Waals surface area contributed by atoms with E-state index in [1.165, 1.54) is 0 Å². The summed E-state index contributed by atoms with van der Waals surface area (Å²) in [7, 11) is 0. The first kappa shape index (κ1) is 27.1. The summed E-state index contributed by atoms with van der Waals surface area (Å²) in [6.07, 6.45) is 19.2. The molecule has 1 atom stereocenters. The normalized spacial score (nSPS) is 19.3. The largest absolute Gasteiger partial charge is 0.395 e. The van der Waals surface area contributed by atoms with Gasteiger partial charge in [-0.25, -0.2) is 0 Å². The number of rotatable bonds is 11. The third-order valence-corrected chi connectivity index (χ3v) is 6.31. The Balaban J connectivity index is 1.73. The molecule has 0 saturated carbocycles. The zero-order valence-corrected chi connectivity index (χ0v) is 21.7. The van der Waals surface area contributed by atoms with Crippen LogP contribution in [0.1, 0.15) is 44.4 Å². The topological polar surface area (TPSA) is 73.8 Å². The van der Waals surface area contributed by atoms with Crippen molar-refractivity contribution in [2.24, 2.45) is 0 Å². The molecule has 1 aliphatic rings. The Kier molecular flexibility index (Phi) is 10.2. The number of aliphatic hydroxyl groups excluding tert-OH is 1. The average Bonchev–Trinajstić information content (AvgIpc) is 3.36. The van der Waals surface area contributed by atoms with Crippen LogP contribution < -0.4 is 5.32 Å². The second-order valence-corrected chi connectivity index (χ2v) is 8.96. The number of nitrogens with zero attached hydrogens (tertiary/aromatic N) is 2. The summed E-state index contributed by atoms with van der Waals surface area (Å²) in [5.74, 6) is 0. The van der Waals surface area contributed by atoms with Gasteiger partial charge in [-0.1, -0.05) is 62.6 Å². The van der Waals surface area contributed by atoms with Gasteiger partial charge in [-0.15, -0.1) is 0 Å². The van der Waals surface area contributed by atoms with Crippen LogP contribution in [0.2, 0.25) is 0 Å². The predicted octanol–water partition coefficient (Wildman–Crippen LogP) is 6.42. The second-order valence-electron chi connectivity index (χ2n) is 8.96. The molecule has 5 heteroatoms. The van der Waals surface area contributed by atoms with Crippen LogP contribution >= 0.6 is 0 Å². The maximum Gasteiger partial charge on any atom is 0.0912 e. The first-order valence-electron chi connectivity index (χ1n) is 12.6. The first-order chi connectivity index (χ1) is 17.5. The Labute approximate surface area is 215 Å². The number of nitrogens with one attached hydrogen (secondary N) is 2. The Morgan fingerprint density at radius 3 is 2.81 bits per heavy atom. The van der Waals surface area contributed by atoms with Crippen LogP contribution in [-0.4, -0.2) is 39.5 Å². The number of aromatic nitrogens is 3. The van der Waals surface area contributed by atoms with E-state index < -0.39 is 0 Å². The summed E-state index contributed by atoms with van der Waals surface area (Å²) in [6, 6.07) is 6.15. The molecule has 0 bridgehead atoms. The van der Waals surface area contributed by atoms with Gasteiger partial charge in [0, 0.05) is 17.3 Å². The summed E-state index contributed by atoms with van der Waals surface area (Å²) in [6.45, 7) is 15.8. The monoisotopic (exact) mass is 482 g/mol. The molecule has 1 aliphatic carbocycles. The molecule has 0 fully saturated rings. The molecule has 0 aliphatic heterocycles. The molecule has 3 rings (SSSR count). The van der Waals surface area contributed by atoms with Gasteiger partial charge in [0.25, 0.3) is 0 Å². The van der Waals surface area contributed by atoms with Gasteiger partial charge >= 0.3 is 0 Å². The standard InChI is InChI=1S/C31H38N4O/c1-6-25(22(3)11-10-18-32-28(7-2)21-36)19-27-14-9-13-26(17-16-23(27)4)29-20-33-35-31(29)30-15-8-12-24(5)34-30/h6,8-9,12-17,19-20,28,32,36H,3-4,7,10-11,18,21H2,1-2,5H3,(H,33,35)/b14-9+,17-16-,25-6+,26-13-,27-19-. The molecule has 1 unspecified atom stereocenters. The van der Waals surface area contributed by atoms with E-state index in [2.05, 4.69) is 77.0 Å². The minimum absolute atomic E-state index is 0.167. The third-order valence-electron chi connectivity index (χ3n) is 6.31. The molecular formula is C31H38N4O. The van der Waals surface area contributed by atoms with Gasteiger partial charge in [-0.2, -0.15) is 5.10 Å². The molecule has 0 spiro atoms. The lowest BCUT2D eigenvalue weighted by molar-refractivity contribution is 0.239. The Morgan fingerprint density at radius 2 is 2.08 bits per heavy atom. The number of pyridine rings is 1. The van der Waals surface area contributed by atoms with Crippen LogP contribution in [0.15, 0.2) is 102 Å². The molecule has 36 heavy (non-hydrogen) atoms. The molecule has 2 aromatic heterocycles. The predicted molar refractivity (Wildman–Crippen MR) is 151 cm³/mol. The van der Waals surface area contributed by atoms with E-state index >= 15 is 0 Å². The van der Waals surface area contributed by atoms with Gasteiger partial charge in [-0.05, 0) is 85.7 Å². The van der Waals surface area contributed by atoms with Crippen molar-refractivity contribution in [3.8, 4) is 11.4 Å². The number of aromatic amines is 1. The van der Waals surface area contributed by atoms with Gasteiger partial charge in [0.1, 0.15) is 0 Å². The fourth-order valence-electron chi connectivity index (χ4n) is 4.05.